The molecule has 0 amide bonds. The number of nitrogens with zero attached hydrogens (tertiary/aromatic N) is 1. The van der Waals surface area contributed by atoms with Gasteiger partial charge in [-0.25, -0.2) is 9.37 Å². The fourth-order valence-corrected chi connectivity index (χ4v) is 4.44. The van der Waals surface area contributed by atoms with Crippen LogP contribution in [0.5, 0.6) is 0 Å². The molecule has 0 atom stereocenters. The Labute approximate surface area is 166 Å². The molecule has 28 heavy (non-hydrogen) atoms. The Bertz CT molecular complexity index is 1150. The van der Waals surface area contributed by atoms with Gasteiger partial charge >= 0.3 is 0 Å². The van der Waals surface area contributed by atoms with Gasteiger partial charge < -0.3 is 10.3 Å². The Morgan fingerprint density at radius 3 is 2.61 bits per heavy atom. The Balaban J connectivity index is 1.50. The van der Waals surface area contributed by atoms with E-state index in [4.69, 9.17) is 0 Å². The van der Waals surface area contributed by atoms with Crippen molar-refractivity contribution in [3.63, 3.8) is 0 Å². The van der Waals surface area contributed by atoms with Crippen molar-refractivity contribution in [1.29, 1.82) is 0 Å². The van der Waals surface area contributed by atoms with Gasteiger partial charge in [0.2, 0.25) is 0 Å². The third kappa shape index (κ3) is 3.88. The molecule has 142 valence electrons. The molecule has 0 unspecified atom stereocenters. The van der Waals surface area contributed by atoms with Crippen molar-refractivity contribution in [3.05, 3.63) is 87.0 Å². The molecule has 0 aliphatic rings. The van der Waals surface area contributed by atoms with Crippen molar-refractivity contribution in [2.24, 2.45) is 0 Å². The first-order valence-corrected chi connectivity index (χ1v) is 10.1. The maximum absolute atomic E-state index is 13.0. The molecule has 0 radical (unpaired) electrons. The highest BCUT2D eigenvalue weighted by Crippen LogP contribution is 2.35. The van der Waals surface area contributed by atoms with Crippen LogP contribution in [0.4, 0.5) is 4.39 Å². The number of halogens is 1. The van der Waals surface area contributed by atoms with Crippen molar-refractivity contribution < 1.29 is 9.71 Å². The molecule has 4 nitrogen and oxygen atoms in total. The summed E-state index contributed by atoms with van der Waals surface area (Å²) in [6.45, 7) is 3.47. The highest BCUT2D eigenvalue weighted by Gasteiger charge is 2.16. The van der Waals surface area contributed by atoms with Crippen LogP contribution >= 0.6 is 11.3 Å². The minimum absolute atomic E-state index is 0.0878. The van der Waals surface area contributed by atoms with Gasteiger partial charge in [-0.05, 0) is 30.2 Å². The van der Waals surface area contributed by atoms with Crippen LogP contribution < -0.4 is 10.9 Å². The van der Waals surface area contributed by atoms with E-state index in [0.29, 0.717) is 17.8 Å². The number of fused-ring (bicyclic) bond motifs is 1. The Kier molecular flexibility index (Phi) is 5.32. The summed E-state index contributed by atoms with van der Waals surface area (Å²) in [6, 6.07) is 16.5. The number of rotatable bonds is 6. The van der Waals surface area contributed by atoms with Crippen LogP contribution in [0.3, 0.4) is 0 Å². The number of aryl methyl sites for hydroxylation is 1. The topological polar surface area (TPSA) is 62.4 Å². The zero-order valence-corrected chi connectivity index (χ0v) is 16.4. The van der Waals surface area contributed by atoms with Crippen molar-refractivity contribution in [2.45, 2.75) is 19.9 Å². The van der Waals surface area contributed by atoms with Gasteiger partial charge in [0.1, 0.15) is 17.2 Å². The molecule has 0 fully saturated rings. The normalized spacial score (nSPS) is 11.2. The largest absolute Gasteiger partial charge is 0.340 e. The maximum atomic E-state index is 13.0. The molecule has 2 aromatic heterocycles. The fraction of sp³-hybridized carbons (Fsp3) is 0.182. The average molecular weight is 394 g/mol. The van der Waals surface area contributed by atoms with Gasteiger partial charge in [-0.3, -0.25) is 4.79 Å². The molecular formula is C22H21FN3OS+. The molecule has 0 saturated carbocycles. The zero-order valence-electron chi connectivity index (χ0n) is 15.5. The van der Waals surface area contributed by atoms with Crippen LogP contribution in [0.1, 0.15) is 16.3 Å². The van der Waals surface area contributed by atoms with E-state index in [-0.39, 0.29) is 11.4 Å². The van der Waals surface area contributed by atoms with Crippen molar-refractivity contribution in [1.82, 2.24) is 9.97 Å². The molecule has 3 N–H and O–H groups in total. The van der Waals surface area contributed by atoms with E-state index in [9.17, 15) is 9.18 Å². The van der Waals surface area contributed by atoms with Gasteiger partial charge in [0.05, 0.1) is 11.9 Å². The number of thiophene rings is 1. The van der Waals surface area contributed by atoms with Crippen LogP contribution in [0.15, 0.2) is 59.4 Å². The quantitative estimate of drug-likeness (QED) is 0.493. The summed E-state index contributed by atoms with van der Waals surface area (Å²) in [4.78, 5) is 22.2. The van der Waals surface area contributed by atoms with Gasteiger partial charge in [0.25, 0.3) is 5.56 Å². The third-order valence-corrected chi connectivity index (χ3v) is 5.74. The van der Waals surface area contributed by atoms with Gasteiger partial charge in [0, 0.05) is 16.9 Å². The second kappa shape index (κ2) is 8.04. The number of nitrogens with two attached hydrogens (primary N) is 1. The van der Waals surface area contributed by atoms with E-state index in [1.807, 2.05) is 37.3 Å². The number of aromatic nitrogens is 2. The lowest BCUT2D eigenvalue weighted by Gasteiger charge is -2.04. The fourth-order valence-electron chi connectivity index (χ4n) is 3.37. The zero-order chi connectivity index (χ0) is 19.5. The van der Waals surface area contributed by atoms with Crippen molar-refractivity contribution >= 4 is 21.6 Å². The van der Waals surface area contributed by atoms with Crippen LogP contribution in [0.25, 0.3) is 21.3 Å². The molecule has 2 heterocycles. The molecule has 6 heteroatoms. The summed E-state index contributed by atoms with van der Waals surface area (Å²) in [5, 5.41) is 2.77. The summed E-state index contributed by atoms with van der Waals surface area (Å²) in [7, 11) is 0. The highest BCUT2D eigenvalue weighted by atomic mass is 32.1. The van der Waals surface area contributed by atoms with Crippen molar-refractivity contribution in [2.75, 3.05) is 6.54 Å². The van der Waals surface area contributed by atoms with Crippen LogP contribution in [0.2, 0.25) is 0 Å². The SMILES string of the molecule is Cc1sc2nc(C[NH2+]CCc3ccc(F)cc3)[nH]c(=O)c2c1-c1ccccc1. The van der Waals surface area contributed by atoms with E-state index in [1.54, 1.807) is 23.5 Å². The second-order valence-corrected chi connectivity index (χ2v) is 7.95. The Hall–Kier alpha value is -2.83. The predicted octanol–water partition coefficient (Wildman–Crippen LogP) is 3.41. The molecule has 2 aromatic carbocycles. The predicted molar refractivity (Wildman–Crippen MR) is 111 cm³/mol. The lowest BCUT2D eigenvalue weighted by molar-refractivity contribution is -0.671. The standard InChI is InChI=1S/C22H20FN3OS/c1-14-19(16-5-3-2-4-6-16)20-21(27)25-18(26-22(20)28-14)13-24-12-11-15-7-9-17(23)10-8-15/h2-10,24H,11-13H2,1H3,(H,25,26,27)/p+1. The van der Waals surface area contributed by atoms with Crippen molar-refractivity contribution in [3.8, 4) is 11.1 Å². The van der Waals surface area contributed by atoms with Crippen LogP contribution in [-0.4, -0.2) is 16.5 Å². The molecule has 4 aromatic rings. The Morgan fingerprint density at radius 1 is 1.11 bits per heavy atom. The number of aromatic amines is 1. The van der Waals surface area contributed by atoms with Crippen LogP contribution in [-0.2, 0) is 13.0 Å². The first-order chi connectivity index (χ1) is 13.6. The number of hydrogen-bond donors (Lipinski definition) is 2. The first kappa shape index (κ1) is 18.5. The van der Waals surface area contributed by atoms with E-state index in [0.717, 1.165) is 39.4 Å². The van der Waals surface area contributed by atoms with Gasteiger partial charge in [0.15, 0.2) is 5.82 Å². The molecule has 0 spiro atoms. The first-order valence-electron chi connectivity index (χ1n) is 9.25. The van der Waals surface area contributed by atoms with E-state index in [2.05, 4.69) is 15.3 Å². The number of H-pyrrole nitrogens is 1. The van der Waals surface area contributed by atoms with Crippen LogP contribution in [0, 0.1) is 12.7 Å². The number of nitrogens with one attached hydrogen (secondary N) is 1. The number of quaternary nitrogens is 1. The maximum Gasteiger partial charge on any atom is 0.260 e. The van der Waals surface area contributed by atoms with E-state index < -0.39 is 0 Å². The summed E-state index contributed by atoms with van der Waals surface area (Å²) in [5.41, 5.74) is 3.02. The van der Waals surface area contributed by atoms with Gasteiger partial charge in [-0.1, -0.05) is 42.5 Å². The summed E-state index contributed by atoms with van der Waals surface area (Å²) >= 11 is 1.56. The summed E-state index contributed by atoms with van der Waals surface area (Å²) in [6.07, 6.45) is 0.836. The van der Waals surface area contributed by atoms with E-state index >= 15 is 0 Å². The molecule has 4 rings (SSSR count). The molecule has 0 aliphatic carbocycles. The second-order valence-electron chi connectivity index (χ2n) is 6.75. The number of benzene rings is 2. The monoisotopic (exact) mass is 394 g/mol. The molecule has 0 aliphatic heterocycles. The minimum Gasteiger partial charge on any atom is -0.340 e. The summed E-state index contributed by atoms with van der Waals surface area (Å²) < 4.78 is 13.0. The third-order valence-electron chi connectivity index (χ3n) is 4.74. The molecular weight excluding hydrogens is 373 g/mol. The molecule has 0 bridgehead atoms. The summed E-state index contributed by atoms with van der Waals surface area (Å²) in [5.74, 6) is 0.460. The Morgan fingerprint density at radius 2 is 1.86 bits per heavy atom. The van der Waals surface area contributed by atoms with E-state index in [1.165, 1.54) is 12.1 Å². The highest BCUT2D eigenvalue weighted by molar-refractivity contribution is 7.19. The minimum atomic E-state index is -0.219. The average Bonchev–Trinajstić information content (AvgIpc) is 3.03. The molecule has 0 saturated heterocycles. The smallest absolute Gasteiger partial charge is 0.260 e. The lowest BCUT2D eigenvalue weighted by atomic mass is 10.0. The lowest BCUT2D eigenvalue weighted by Crippen LogP contribution is -2.83. The van der Waals surface area contributed by atoms with Gasteiger partial charge in [-0.15, -0.1) is 11.3 Å². The number of hydrogen-bond acceptors (Lipinski definition) is 3. The van der Waals surface area contributed by atoms with Gasteiger partial charge in [-0.2, -0.15) is 0 Å².